The second-order valence-electron chi connectivity index (χ2n) is 2.92. The molecular weight excluding hydrogens is 215 g/mol. The molecule has 78 valence electrons. The van der Waals surface area contributed by atoms with Crippen molar-refractivity contribution in [2.45, 2.75) is 19.1 Å². The molecule has 0 aliphatic heterocycles. The lowest BCUT2D eigenvalue weighted by Gasteiger charge is -2.08. The van der Waals surface area contributed by atoms with E-state index in [1.165, 1.54) is 18.2 Å². The second-order valence-corrected chi connectivity index (χ2v) is 3.33. The fourth-order valence-electron chi connectivity index (χ4n) is 1.13. The summed E-state index contributed by atoms with van der Waals surface area (Å²) in [6.07, 6.45) is -5.14. The maximum atomic E-state index is 12.0. The van der Waals surface area contributed by atoms with Crippen molar-refractivity contribution < 1.29 is 13.2 Å². The van der Waals surface area contributed by atoms with Crippen molar-refractivity contribution >= 4 is 11.6 Å². The first-order valence-corrected chi connectivity index (χ1v) is 4.34. The third kappa shape index (κ3) is 3.20. The van der Waals surface area contributed by atoms with Gasteiger partial charge in [0.05, 0.1) is 6.42 Å². The van der Waals surface area contributed by atoms with E-state index in [1.54, 1.807) is 0 Å². The second kappa shape index (κ2) is 4.19. The monoisotopic (exact) mass is 223 g/mol. The highest BCUT2D eigenvalue weighted by molar-refractivity contribution is 6.31. The van der Waals surface area contributed by atoms with Crippen molar-refractivity contribution in [2.24, 2.45) is 5.73 Å². The topological polar surface area (TPSA) is 26.0 Å². The van der Waals surface area contributed by atoms with Crippen LogP contribution >= 0.6 is 11.6 Å². The molecule has 0 heterocycles. The van der Waals surface area contributed by atoms with Gasteiger partial charge in [-0.05, 0) is 17.2 Å². The van der Waals surface area contributed by atoms with Crippen molar-refractivity contribution in [1.82, 2.24) is 0 Å². The van der Waals surface area contributed by atoms with E-state index >= 15 is 0 Å². The van der Waals surface area contributed by atoms with E-state index in [2.05, 4.69) is 0 Å². The molecule has 0 amide bonds. The predicted octanol–water partition coefficient (Wildman–Crippen LogP) is 2.90. The van der Waals surface area contributed by atoms with Gasteiger partial charge in [-0.2, -0.15) is 13.2 Å². The summed E-state index contributed by atoms with van der Waals surface area (Å²) in [4.78, 5) is 0. The van der Waals surface area contributed by atoms with Crippen molar-refractivity contribution in [3.63, 3.8) is 0 Å². The molecule has 5 heteroatoms. The molecule has 0 bridgehead atoms. The zero-order valence-electron chi connectivity index (χ0n) is 7.24. The highest BCUT2D eigenvalue weighted by Crippen LogP contribution is 2.24. The lowest BCUT2D eigenvalue weighted by Crippen LogP contribution is -2.12. The number of alkyl halides is 3. The first kappa shape index (κ1) is 11.3. The maximum absolute atomic E-state index is 12.0. The van der Waals surface area contributed by atoms with E-state index in [1.807, 2.05) is 0 Å². The number of hydrogen-bond acceptors (Lipinski definition) is 1. The number of rotatable bonds is 2. The van der Waals surface area contributed by atoms with Gasteiger partial charge in [0.25, 0.3) is 0 Å². The molecular formula is C9H9ClF3N. The van der Waals surface area contributed by atoms with E-state index in [-0.39, 0.29) is 12.1 Å². The molecule has 1 rings (SSSR count). The van der Waals surface area contributed by atoms with Crippen LogP contribution in [-0.4, -0.2) is 6.18 Å². The Morgan fingerprint density at radius 1 is 1.29 bits per heavy atom. The molecule has 0 saturated carbocycles. The summed E-state index contributed by atoms with van der Waals surface area (Å²) in [6.45, 7) is 0.143. The lowest BCUT2D eigenvalue weighted by molar-refractivity contribution is -0.127. The summed E-state index contributed by atoms with van der Waals surface area (Å²) < 4.78 is 36.0. The predicted molar refractivity (Wildman–Crippen MR) is 49.1 cm³/mol. The zero-order chi connectivity index (χ0) is 10.8. The molecule has 0 saturated heterocycles. The van der Waals surface area contributed by atoms with Crippen LogP contribution in [0.4, 0.5) is 13.2 Å². The van der Waals surface area contributed by atoms with Gasteiger partial charge in [0.2, 0.25) is 0 Å². The minimum absolute atomic E-state index is 0.143. The first-order chi connectivity index (χ1) is 6.42. The molecule has 0 aliphatic rings. The number of nitrogens with two attached hydrogens (primary N) is 1. The normalized spacial score (nSPS) is 11.8. The number of hydrogen-bond donors (Lipinski definition) is 1. The average molecular weight is 224 g/mol. The third-order valence-electron chi connectivity index (χ3n) is 1.73. The summed E-state index contributed by atoms with van der Waals surface area (Å²) >= 11 is 5.71. The van der Waals surface area contributed by atoms with Crippen molar-refractivity contribution in [1.29, 1.82) is 0 Å². The van der Waals surface area contributed by atoms with E-state index < -0.39 is 12.6 Å². The Hall–Kier alpha value is -0.740. The standard InChI is InChI=1S/C9H9ClF3N/c10-8-2-1-6(3-7(8)5-14)4-9(11,12)13/h1-3H,4-5,14H2. The molecule has 1 nitrogen and oxygen atoms in total. The van der Waals surface area contributed by atoms with Crippen molar-refractivity contribution in [3.8, 4) is 0 Å². The quantitative estimate of drug-likeness (QED) is 0.820. The van der Waals surface area contributed by atoms with E-state index in [0.717, 1.165) is 0 Å². The molecule has 14 heavy (non-hydrogen) atoms. The summed E-state index contributed by atoms with van der Waals surface area (Å²) in [5.41, 5.74) is 6.04. The molecule has 1 aromatic rings. The Kier molecular flexibility index (Phi) is 3.39. The Balaban J connectivity index is 2.90. The molecule has 2 N–H and O–H groups in total. The molecule has 1 aromatic carbocycles. The Morgan fingerprint density at radius 3 is 2.43 bits per heavy atom. The molecule has 0 aliphatic carbocycles. The van der Waals surface area contributed by atoms with Crippen LogP contribution in [0.5, 0.6) is 0 Å². The van der Waals surface area contributed by atoms with E-state index in [0.29, 0.717) is 10.6 Å². The molecule has 0 radical (unpaired) electrons. The van der Waals surface area contributed by atoms with E-state index in [4.69, 9.17) is 17.3 Å². The summed E-state index contributed by atoms with van der Waals surface area (Å²) in [6, 6.07) is 4.18. The summed E-state index contributed by atoms with van der Waals surface area (Å²) in [7, 11) is 0. The van der Waals surface area contributed by atoms with Crippen LogP contribution in [0.2, 0.25) is 5.02 Å². The molecule has 0 fully saturated rings. The minimum Gasteiger partial charge on any atom is -0.326 e. The Labute approximate surface area is 84.7 Å². The van der Waals surface area contributed by atoms with Gasteiger partial charge in [-0.1, -0.05) is 23.7 Å². The molecule has 0 spiro atoms. The lowest BCUT2D eigenvalue weighted by atomic mass is 10.1. The van der Waals surface area contributed by atoms with Gasteiger partial charge >= 0.3 is 6.18 Å². The van der Waals surface area contributed by atoms with Gasteiger partial charge in [-0.15, -0.1) is 0 Å². The third-order valence-corrected chi connectivity index (χ3v) is 2.10. The van der Waals surface area contributed by atoms with Crippen molar-refractivity contribution in [3.05, 3.63) is 34.3 Å². The molecule has 0 aromatic heterocycles. The Bertz CT molecular complexity index is 322. The first-order valence-electron chi connectivity index (χ1n) is 3.96. The fraction of sp³-hybridized carbons (Fsp3) is 0.333. The summed E-state index contributed by atoms with van der Waals surface area (Å²) in [5, 5.41) is 0.401. The van der Waals surface area contributed by atoms with Gasteiger partial charge < -0.3 is 5.73 Å². The van der Waals surface area contributed by atoms with Gasteiger partial charge in [0.1, 0.15) is 0 Å². The largest absolute Gasteiger partial charge is 0.393 e. The van der Waals surface area contributed by atoms with Crippen LogP contribution in [0.25, 0.3) is 0 Å². The minimum atomic E-state index is -4.19. The average Bonchev–Trinajstić information content (AvgIpc) is 2.06. The van der Waals surface area contributed by atoms with Gasteiger partial charge in [0, 0.05) is 11.6 Å². The number of benzene rings is 1. The van der Waals surface area contributed by atoms with Crippen molar-refractivity contribution in [2.75, 3.05) is 0 Å². The Morgan fingerprint density at radius 2 is 1.93 bits per heavy atom. The summed E-state index contributed by atoms with van der Waals surface area (Å²) in [5.74, 6) is 0. The van der Waals surface area contributed by atoms with Crippen LogP contribution in [0.15, 0.2) is 18.2 Å². The molecule has 0 unspecified atom stereocenters. The molecule has 0 atom stereocenters. The SMILES string of the molecule is NCc1cc(CC(F)(F)F)ccc1Cl. The number of halogens is 4. The van der Waals surface area contributed by atoms with Crippen LogP contribution in [0.1, 0.15) is 11.1 Å². The van der Waals surface area contributed by atoms with E-state index in [9.17, 15) is 13.2 Å². The highest BCUT2D eigenvalue weighted by Gasteiger charge is 2.27. The van der Waals surface area contributed by atoms with Gasteiger partial charge in [-0.3, -0.25) is 0 Å². The zero-order valence-corrected chi connectivity index (χ0v) is 7.99. The highest BCUT2D eigenvalue weighted by atomic mass is 35.5. The van der Waals surface area contributed by atoms with Gasteiger partial charge in [0.15, 0.2) is 0 Å². The smallest absolute Gasteiger partial charge is 0.326 e. The van der Waals surface area contributed by atoms with Crippen LogP contribution in [0, 0.1) is 0 Å². The van der Waals surface area contributed by atoms with Crippen LogP contribution < -0.4 is 5.73 Å². The maximum Gasteiger partial charge on any atom is 0.393 e. The van der Waals surface area contributed by atoms with Gasteiger partial charge in [-0.25, -0.2) is 0 Å². The van der Waals surface area contributed by atoms with Crippen LogP contribution in [-0.2, 0) is 13.0 Å². The van der Waals surface area contributed by atoms with Crippen LogP contribution in [0.3, 0.4) is 0 Å². The fourth-order valence-corrected chi connectivity index (χ4v) is 1.32.